The Morgan fingerprint density at radius 1 is 1.80 bits per heavy atom. The maximum absolute atomic E-state index is 5.58. The molecule has 0 radical (unpaired) electrons. The monoisotopic (exact) mass is 242 g/mol. The molecule has 1 heterocycles. The summed E-state index contributed by atoms with van der Waals surface area (Å²) in [6, 6.07) is 0.105. The molecule has 1 atom stereocenters. The van der Waals surface area contributed by atoms with Crippen molar-refractivity contribution in [2.24, 2.45) is 5.73 Å². The van der Waals surface area contributed by atoms with E-state index in [4.69, 9.17) is 5.73 Å². The second-order valence-electron chi connectivity index (χ2n) is 1.80. The second-order valence-corrected chi connectivity index (χ2v) is 4.14. The molecule has 0 saturated carbocycles. The van der Waals surface area contributed by atoms with Gasteiger partial charge < -0.3 is 5.73 Å². The van der Waals surface area contributed by atoms with Crippen molar-refractivity contribution in [3.8, 4) is 0 Å². The minimum Gasteiger partial charge on any atom is -0.323 e. The summed E-state index contributed by atoms with van der Waals surface area (Å²) < 4.78 is 0.898. The molecule has 2 nitrogen and oxygen atoms in total. The molecule has 0 saturated heterocycles. The van der Waals surface area contributed by atoms with E-state index >= 15 is 0 Å². The zero-order valence-electron chi connectivity index (χ0n) is 5.37. The van der Waals surface area contributed by atoms with Crippen molar-refractivity contribution < 1.29 is 0 Å². The average molecular weight is 244 g/mol. The molecule has 0 aliphatic heterocycles. The van der Waals surface area contributed by atoms with Crippen LogP contribution in [0.25, 0.3) is 0 Å². The van der Waals surface area contributed by atoms with Gasteiger partial charge in [-0.3, -0.25) is 0 Å². The van der Waals surface area contributed by atoms with Crippen LogP contribution >= 0.6 is 39.7 Å². The topological polar surface area (TPSA) is 38.9 Å². The van der Waals surface area contributed by atoms with Crippen molar-refractivity contribution in [3.63, 3.8) is 0 Å². The molecule has 0 fully saturated rings. The number of hydrogen-bond donors (Lipinski definition) is 1. The Morgan fingerprint density at radius 3 is 2.60 bits per heavy atom. The molecule has 5 heteroatoms. The van der Waals surface area contributed by atoms with Crippen LogP contribution in [0.5, 0.6) is 0 Å². The van der Waals surface area contributed by atoms with E-state index in [0.717, 1.165) is 8.79 Å². The lowest BCUT2D eigenvalue weighted by Gasteiger charge is -1.95. The third kappa shape index (κ3) is 2.54. The van der Waals surface area contributed by atoms with Crippen molar-refractivity contribution in [2.75, 3.05) is 0 Å². The molecule has 1 aromatic rings. The average Bonchev–Trinajstić information content (AvgIpc) is 2.14. The van der Waals surface area contributed by atoms with Gasteiger partial charge in [-0.25, -0.2) is 4.98 Å². The number of thiazole rings is 1. The molecular formula is C5H8BrClN2S. The van der Waals surface area contributed by atoms with Gasteiger partial charge in [0.1, 0.15) is 0 Å². The van der Waals surface area contributed by atoms with E-state index in [0.29, 0.717) is 0 Å². The van der Waals surface area contributed by atoms with Crippen molar-refractivity contribution in [1.29, 1.82) is 0 Å². The third-order valence-corrected chi connectivity index (χ3v) is 2.62. The van der Waals surface area contributed by atoms with Crippen LogP contribution in [0.2, 0.25) is 0 Å². The zero-order chi connectivity index (χ0) is 6.85. The second kappa shape index (κ2) is 4.28. The van der Waals surface area contributed by atoms with Crippen LogP contribution in [-0.4, -0.2) is 4.98 Å². The predicted molar refractivity (Wildman–Crippen MR) is 49.7 cm³/mol. The minimum atomic E-state index is 0. The largest absolute Gasteiger partial charge is 0.323 e. The van der Waals surface area contributed by atoms with Crippen LogP contribution in [0.3, 0.4) is 0 Å². The van der Waals surface area contributed by atoms with Gasteiger partial charge in [0.05, 0.1) is 0 Å². The Bertz CT molecular complexity index is 201. The summed E-state index contributed by atoms with van der Waals surface area (Å²) in [7, 11) is 0. The molecule has 10 heavy (non-hydrogen) atoms. The van der Waals surface area contributed by atoms with Gasteiger partial charge in [-0.05, 0) is 22.9 Å². The highest BCUT2D eigenvalue weighted by Gasteiger charge is 2.01. The van der Waals surface area contributed by atoms with E-state index in [1.807, 2.05) is 6.92 Å². The molecule has 0 amide bonds. The first kappa shape index (κ1) is 10.4. The lowest BCUT2D eigenvalue weighted by molar-refractivity contribution is 0.835. The van der Waals surface area contributed by atoms with Crippen molar-refractivity contribution in [3.05, 3.63) is 15.0 Å². The van der Waals surface area contributed by atoms with E-state index in [9.17, 15) is 0 Å². The van der Waals surface area contributed by atoms with Crippen LogP contribution < -0.4 is 5.73 Å². The molecule has 0 aliphatic rings. The molecule has 1 unspecified atom stereocenters. The van der Waals surface area contributed by atoms with Gasteiger partial charge in [-0.2, -0.15) is 0 Å². The Morgan fingerprint density at radius 2 is 2.40 bits per heavy atom. The molecule has 58 valence electrons. The van der Waals surface area contributed by atoms with E-state index in [2.05, 4.69) is 20.9 Å². The number of hydrogen-bond acceptors (Lipinski definition) is 3. The molecule has 1 rings (SSSR count). The zero-order valence-corrected chi connectivity index (χ0v) is 8.59. The number of halogens is 2. The summed E-state index contributed by atoms with van der Waals surface area (Å²) in [6.07, 6.45) is 1.79. The summed E-state index contributed by atoms with van der Waals surface area (Å²) in [6.45, 7) is 1.94. The molecule has 0 spiro atoms. The molecular weight excluding hydrogens is 235 g/mol. The fourth-order valence-corrected chi connectivity index (χ4v) is 1.73. The Labute approximate surface area is 78.4 Å². The minimum absolute atomic E-state index is 0. The number of rotatable bonds is 1. The third-order valence-electron chi connectivity index (χ3n) is 0.944. The van der Waals surface area contributed by atoms with Gasteiger partial charge in [0.15, 0.2) is 3.92 Å². The standard InChI is InChI=1S/C5H7BrN2S.ClH/c1-3(7)4-2-8-5(6)9-4;/h2-3H,7H2,1H3;1H. The normalized spacial score (nSPS) is 12.3. The first-order chi connectivity index (χ1) is 4.20. The van der Waals surface area contributed by atoms with Crippen molar-refractivity contribution in [2.45, 2.75) is 13.0 Å². The summed E-state index contributed by atoms with van der Waals surface area (Å²) in [5.41, 5.74) is 5.58. The first-order valence-corrected chi connectivity index (χ1v) is 4.18. The van der Waals surface area contributed by atoms with Crippen LogP contribution in [0.4, 0.5) is 0 Å². The lowest BCUT2D eigenvalue weighted by Crippen LogP contribution is -2.01. The molecule has 0 aromatic carbocycles. The Kier molecular flexibility index (Phi) is 4.44. The van der Waals surface area contributed by atoms with E-state index < -0.39 is 0 Å². The number of aromatic nitrogens is 1. The molecule has 0 bridgehead atoms. The van der Waals surface area contributed by atoms with Crippen molar-refractivity contribution >= 4 is 39.7 Å². The maximum atomic E-state index is 5.58. The van der Waals surface area contributed by atoms with Crippen LogP contribution in [0.1, 0.15) is 17.8 Å². The van der Waals surface area contributed by atoms with Crippen LogP contribution in [-0.2, 0) is 0 Å². The summed E-state index contributed by atoms with van der Waals surface area (Å²) in [5.74, 6) is 0. The molecule has 2 N–H and O–H groups in total. The highest BCUT2D eigenvalue weighted by molar-refractivity contribution is 9.11. The van der Waals surface area contributed by atoms with Crippen LogP contribution in [0.15, 0.2) is 10.1 Å². The fraction of sp³-hybridized carbons (Fsp3) is 0.400. The first-order valence-electron chi connectivity index (χ1n) is 2.57. The quantitative estimate of drug-likeness (QED) is 0.822. The van der Waals surface area contributed by atoms with Crippen molar-refractivity contribution in [1.82, 2.24) is 4.98 Å². The van der Waals surface area contributed by atoms with E-state index in [-0.39, 0.29) is 18.4 Å². The Hall–Kier alpha value is 0.360. The van der Waals surface area contributed by atoms with Gasteiger partial charge in [-0.1, -0.05) is 0 Å². The summed E-state index contributed by atoms with van der Waals surface area (Å²) in [4.78, 5) is 5.11. The summed E-state index contributed by atoms with van der Waals surface area (Å²) in [5, 5.41) is 0. The van der Waals surface area contributed by atoms with Gasteiger partial charge in [0, 0.05) is 17.1 Å². The Balaban J connectivity index is 0.000000810. The highest BCUT2D eigenvalue weighted by Crippen LogP contribution is 2.22. The van der Waals surface area contributed by atoms with Gasteiger partial charge in [0.25, 0.3) is 0 Å². The summed E-state index contributed by atoms with van der Waals surface area (Å²) >= 11 is 4.83. The van der Waals surface area contributed by atoms with Crippen LogP contribution in [0, 0.1) is 0 Å². The van der Waals surface area contributed by atoms with Gasteiger partial charge in [0.2, 0.25) is 0 Å². The smallest absolute Gasteiger partial charge is 0.159 e. The lowest BCUT2D eigenvalue weighted by atomic mass is 10.3. The fourth-order valence-electron chi connectivity index (χ4n) is 0.475. The predicted octanol–water partition coefficient (Wildman–Crippen LogP) is 2.35. The highest BCUT2D eigenvalue weighted by atomic mass is 79.9. The maximum Gasteiger partial charge on any atom is 0.159 e. The van der Waals surface area contributed by atoms with Gasteiger partial charge in [-0.15, -0.1) is 23.7 Å². The van der Waals surface area contributed by atoms with E-state index in [1.54, 1.807) is 17.5 Å². The molecule has 1 aromatic heterocycles. The van der Waals surface area contributed by atoms with Gasteiger partial charge >= 0.3 is 0 Å². The molecule has 0 aliphatic carbocycles. The van der Waals surface area contributed by atoms with E-state index in [1.165, 1.54) is 0 Å². The SMILES string of the molecule is CC(N)c1cnc(Br)s1.Cl. The number of nitrogens with zero attached hydrogens (tertiary/aromatic N) is 1. The number of nitrogens with two attached hydrogens (primary N) is 1.